The van der Waals surface area contributed by atoms with Crippen LogP contribution in [0.4, 0.5) is 0 Å². The molecule has 0 saturated heterocycles. The molecule has 3 atom stereocenters. The number of carbonyl (C=O) groups excluding carboxylic acids is 1. The van der Waals surface area contributed by atoms with E-state index in [2.05, 4.69) is 19.2 Å². The van der Waals surface area contributed by atoms with Crippen LogP contribution in [0.5, 0.6) is 0 Å². The standard InChI is InChI=1S/C71H145N2O6P/c1-6-8-10-12-14-16-18-20-22-24-26-28-30-32-33-34-35-36-37-38-39-41-43-45-47-49-51-53-55-57-59-61-63-65-71(75)72-69(68-79-80(76,77)78-67-66-73(3,4)5)70(74)64-62-60-58-56-54-52-50-48-46-44-42-40-31-29-27-25-23-21-19-17-15-13-11-9-7-2/h69-70,74H,6-68H2,1-5H3,(H-,72,75,76,77)/p+1. The van der Waals surface area contributed by atoms with Crippen molar-refractivity contribution < 1.29 is 32.9 Å². The topological polar surface area (TPSA) is 105 Å². The van der Waals surface area contributed by atoms with Crippen LogP contribution >= 0.6 is 7.82 Å². The monoisotopic (exact) mass is 1150 g/mol. The Morgan fingerprint density at radius 2 is 0.600 bits per heavy atom. The normalized spacial score (nSPS) is 13.5. The number of likely N-dealkylation sites (N-methyl/N-ethyl adjacent to an activating group) is 1. The van der Waals surface area contributed by atoms with E-state index < -0.39 is 20.0 Å². The van der Waals surface area contributed by atoms with Gasteiger partial charge in [-0.05, 0) is 12.8 Å². The average Bonchev–Trinajstić information content (AvgIpc) is 3.42. The number of phosphoric acid groups is 1. The zero-order valence-corrected chi connectivity index (χ0v) is 56.0. The quantitative estimate of drug-likeness (QED) is 0.0318. The van der Waals surface area contributed by atoms with Gasteiger partial charge < -0.3 is 19.8 Å². The van der Waals surface area contributed by atoms with Gasteiger partial charge in [-0.25, -0.2) is 4.57 Å². The third kappa shape index (κ3) is 65.1. The molecule has 0 aliphatic carbocycles. The number of nitrogens with zero attached hydrogens (tertiary/aromatic N) is 1. The molecule has 0 aliphatic heterocycles. The van der Waals surface area contributed by atoms with E-state index in [0.29, 0.717) is 23.9 Å². The minimum absolute atomic E-state index is 0.0795. The maximum absolute atomic E-state index is 13.1. The Hall–Kier alpha value is -0.500. The van der Waals surface area contributed by atoms with Gasteiger partial charge in [-0.3, -0.25) is 13.8 Å². The molecule has 480 valence electrons. The van der Waals surface area contributed by atoms with E-state index in [1.807, 2.05) is 21.1 Å². The van der Waals surface area contributed by atoms with Crippen LogP contribution in [0.2, 0.25) is 0 Å². The number of phosphoric ester groups is 1. The average molecular weight is 1150 g/mol. The van der Waals surface area contributed by atoms with Gasteiger partial charge in [-0.1, -0.05) is 380 Å². The predicted octanol–water partition coefficient (Wildman–Crippen LogP) is 23.1. The van der Waals surface area contributed by atoms with Crippen molar-refractivity contribution in [3.63, 3.8) is 0 Å². The van der Waals surface area contributed by atoms with Crippen molar-refractivity contribution >= 4 is 13.7 Å². The third-order valence-electron chi connectivity index (χ3n) is 17.4. The molecular weight excluding hydrogens is 1010 g/mol. The van der Waals surface area contributed by atoms with Crippen LogP contribution in [-0.2, 0) is 18.4 Å². The zero-order valence-electron chi connectivity index (χ0n) is 55.1. The highest BCUT2D eigenvalue weighted by Gasteiger charge is 2.28. The molecule has 1 amide bonds. The number of amides is 1. The van der Waals surface area contributed by atoms with Gasteiger partial charge in [0.25, 0.3) is 0 Å². The number of aliphatic hydroxyl groups excluding tert-OH is 1. The van der Waals surface area contributed by atoms with Gasteiger partial charge in [0.2, 0.25) is 5.91 Å². The molecule has 3 N–H and O–H groups in total. The van der Waals surface area contributed by atoms with Gasteiger partial charge in [0.05, 0.1) is 39.9 Å². The molecule has 0 aromatic carbocycles. The maximum atomic E-state index is 13.1. The summed E-state index contributed by atoms with van der Waals surface area (Å²) in [6.07, 6.45) is 79.4. The third-order valence-corrected chi connectivity index (χ3v) is 18.3. The van der Waals surface area contributed by atoms with Gasteiger partial charge in [0.15, 0.2) is 0 Å². The molecule has 0 bridgehead atoms. The lowest BCUT2D eigenvalue weighted by Crippen LogP contribution is -2.46. The summed E-state index contributed by atoms with van der Waals surface area (Å²) in [6, 6.07) is -0.757. The Kier molecular flexibility index (Phi) is 62.6. The first-order valence-electron chi connectivity index (χ1n) is 36.4. The van der Waals surface area contributed by atoms with Gasteiger partial charge in [0.1, 0.15) is 13.2 Å². The lowest BCUT2D eigenvalue weighted by atomic mass is 10.0. The minimum atomic E-state index is -4.33. The Morgan fingerprint density at radius 3 is 0.838 bits per heavy atom. The van der Waals surface area contributed by atoms with Crippen LogP contribution in [0.1, 0.15) is 399 Å². The summed E-state index contributed by atoms with van der Waals surface area (Å²) in [5, 5.41) is 14.2. The van der Waals surface area contributed by atoms with E-state index in [4.69, 9.17) is 9.05 Å². The summed E-state index contributed by atoms with van der Waals surface area (Å²) < 4.78 is 23.9. The SMILES string of the molecule is CCCCCCCCCCCCCCCCCCCCCCCCCCCCCCCCCCCC(=O)NC(COP(=O)(O)OCC[N+](C)(C)C)C(O)CCCCCCCCCCCCCCCCCCCCCCCCCCC. The first-order valence-corrected chi connectivity index (χ1v) is 37.9. The van der Waals surface area contributed by atoms with E-state index in [1.165, 1.54) is 334 Å². The highest BCUT2D eigenvalue weighted by Crippen LogP contribution is 2.43. The zero-order chi connectivity index (χ0) is 58.4. The highest BCUT2D eigenvalue weighted by molar-refractivity contribution is 7.47. The molecule has 0 saturated carbocycles. The van der Waals surface area contributed by atoms with Crippen LogP contribution in [0.3, 0.4) is 0 Å². The number of nitrogens with one attached hydrogen (secondary N) is 1. The molecule has 0 spiro atoms. The van der Waals surface area contributed by atoms with Crippen LogP contribution in [0.15, 0.2) is 0 Å². The molecular formula is C71H146N2O6P+. The smallest absolute Gasteiger partial charge is 0.391 e. The molecule has 0 rings (SSSR count). The Balaban J connectivity index is 3.94. The second-order valence-electron chi connectivity index (χ2n) is 26.7. The van der Waals surface area contributed by atoms with Crippen LogP contribution in [0, 0.1) is 0 Å². The summed E-state index contributed by atoms with van der Waals surface area (Å²) in [5.74, 6) is -0.132. The number of aliphatic hydroxyl groups is 1. The maximum Gasteiger partial charge on any atom is 0.472 e. The molecule has 80 heavy (non-hydrogen) atoms. The lowest BCUT2D eigenvalue weighted by molar-refractivity contribution is -0.870. The summed E-state index contributed by atoms with van der Waals surface area (Å²) in [4.78, 5) is 23.5. The second kappa shape index (κ2) is 63.0. The van der Waals surface area contributed by atoms with Crippen molar-refractivity contribution in [3.05, 3.63) is 0 Å². The first-order chi connectivity index (χ1) is 39.0. The molecule has 0 aliphatic rings. The van der Waals surface area contributed by atoms with Crippen LogP contribution in [-0.4, -0.2) is 73.4 Å². The van der Waals surface area contributed by atoms with Crippen molar-refractivity contribution in [3.8, 4) is 0 Å². The molecule has 8 nitrogen and oxygen atoms in total. The summed E-state index contributed by atoms with van der Waals surface area (Å²) in [6.45, 7) is 4.97. The van der Waals surface area contributed by atoms with Crippen molar-refractivity contribution in [2.24, 2.45) is 0 Å². The number of hydrogen-bond donors (Lipinski definition) is 3. The lowest BCUT2D eigenvalue weighted by Gasteiger charge is -2.26. The Morgan fingerprint density at radius 1 is 0.375 bits per heavy atom. The fourth-order valence-corrected chi connectivity index (χ4v) is 12.4. The summed E-state index contributed by atoms with van der Waals surface area (Å²) >= 11 is 0. The fraction of sp³-hybridized carbons (Fsp3) is 0.986. The second-order valence-corrected chi connectivity index (χ2v) is 28.1. The van der Waals surface area contributed by atoms with Crippen molar-refractivity contribution in [2.75, 3.05) is 40.9 Å². The van der Waals surface area contributed by atoms with Gasteiger partial charge in [-0.2, -0.15) is 0 Å². The van der Waals surface area contributed by atoms with Crippen molar-refractivity contribution in [1.29, 1.82) is 0 Å². The van der Waals surface area contributed by atoms with Crippen LogP contribution < -0.4 is 5.32 Å². The van der Waals surface area contributed by atoms with E-state index in [9.17, 15) is 19.4 Å². The number of unbranched alkanes of at least 4 members (excludes halogenated alkanes) is 56. The molecule has 0 aromatic heterocycles. The number of rotatable bonds is 69. The molecule has 9 heteroatoms. The van der Waals surface area contributed by atoms with E-state index >= 15 is 0 Å². The predicted molar refractivity (Wildman–Crippen MR) is 351 cm³/mol. The first kappa shape index (κ1) is 79.5. The molecule has 0 heterocycles. The van der Waals surface area contributed by atoms with E-state index in [1.54, 1.807) is 0 Å². The number of carbonyl (C=O) groups is 1. The molecule has 0 aromatic rings. The van der Waals surface area contributed by atoms with Crippen molar-refractivity contribution in [2.45, 2.75) is 411 Å². The number of quaternary nitrogens is 1. The molecule has 0 fully saturated rings. The largest absolute Gasteiger partial charge is 0.472 e. The summed E-state index contributed by atoms with van der Waals surface area (Å²) in [5.41, 5.74) is 0. The molecule has 3 unspecified atom stereocenters. The Bertz CT molecular complexity index is 1260. The Labute approximate surface area is 501 Å². The van der Waals surface area contributed by atoms with Gasteiger partial charge >= 0.3 is 7.82 Å². The van der Waals surface area contributed by atoms with Crippen LogP contribution in [0.25, 0.3) is 0 Å². The van der Waals surface area contributed by atoms with Crippen molar-refractivity contribution in [1.82, 2.24) is 5.32 Å². The van der Waals surface area contributed by atoms with E-state index in [0.717, 1.165) is 38.5 Å². The fourth-order valence-electron chi connectivity index (χ4n) is 11.7. The minimum Gasteiger partial charge on any atom is -0.391 e. The van der Waals surface area contributed by atoms with E-state index in [-0.39, 0.29) is 19.1 Å². The highest BCUT2D eigenvalue weighted by atomic mass is 31.2. The van der Waals surface area contributed by atoms with Gasteiger partial charge in [-0.15, -0.1) is 0 Å². The molecule has 0 radical (unpaired) electrons. The van der Waals surface area contributed by atoms with Gasteiger partial charge in [0, 0.05) is 6.42 Å². The summed E-state index contributed by atoms with van der Waals surface area (Å²) in [7, 11) is 1.64. The number of hydrogen-bond acceptors (Lipinski definition) is 5.